The largest absolute Gasteiger partial charge is 0.465 e. The molecule has 0 bridgehead atoms. The van der Waals surface area contributed by atoms with Crippen molar-refractivity contribution in [3.63, 3.8) is 0 Å². The van der Waals surface area contributed by atoms with Gasteiger partial charge in [-0.3, -0.25) is 4.72 Å². The molecule has 6 nitrogen and oxygen atoms in total. The van der Waals surface area contributed by atoms with E-state index in [1.165, 1.54) is 12.4 Å². The first-order chi connectivity index (χ1) is 9.31. The number of aromatic nitrogens is 2. The summed E-state index contributed by atoms with van der Waals surface area (Å²) in [5, 5.41) is 0. The van der Waals surface area contributed by atoms with Crippen molar-refractivity contribution in [1.29, 1.82) is 0 Å². The first-order valence-electron chi connectivity index (χ1n) is 6.21. The van der Waals surface area contributed by atoms with E-state index in [1.807, 2.05) is 13.8 Å². The third-order valence-corrected chi connectivity index (χ3v) is 4.32. The quantitative estimate of drug-likeness (QED) is 0.937. The van der Waals surface area contributed by atoms with Gasteiger partial charge in [-0.15, -0.1) is 0 Å². The fourth-order valence-corrected chi connectivity index (χ4v) is 3.18. The first kappa shape index (κ1) is 14.5. The van der Waals surface area contributed by atoms with E-state index in [4.69, 9.17) is 4.42 Å². The minimum Gasteiger partial charge on any atom is -0.465 e. The van der Waals surface area contributed by atoms with E-state index in [1.54, 1.807) is 20.0 Å². The third kappa shape index (κ3) is 2.82. The van der Waals surface area contributed by atoms with E-state index in [0.29, 0.717) is 17.3 Å². The van der Waals surface area contributed by atoms with Crippen LogP contribution in [0.15, 0.2) is 27.9 Å². The van der Waals surface area contributed by atoms with Crippen molar-refractivity contribution in [1.82, 2.24) is 9.97 Å². The molecule has 20 heavy (non-hydrogen) atoms. The topological polar surface area (TPSA) is 85.1 Å². The smallest absolute Gasteiger partial charge is 0.266 e. The molecule has 2 rings (SSSR count). The lowest BCUT2D eigenvalue weighted by Gasteiger charge is -2.12. The van der Waals surface area contributed by atoms with Crippen LogP contribution in [0.1, 0.15) is 36.8 Å². The SMILES string of the molecule is Cc1cc(S(=O)(=O)Nc2ncncc2C(C)C)c(C)o1. The van der Waals surface area contributed by atoms with E-state index >= 15 is 0 Å². The Labute approximate surface area is 118 Å². The standard InChI is InChI=1S/C13H17N3O3S/c1-8(2)11-6-14-7-15-13(11)16-20(17,18)12-5-9(3)19-10(12)4/h5-8H,1-4H3,(H,14,15,16). The van der Waals surface area contributed by atoms with Crippen LogP contribution in [0.4, 0.5) is 5.82 Å². The van der Waals surface area contributed by atoms with Gasteiger partial charge in [0.25, 0.3) is 10.0 Å². The van der Waals surface area contributed by atoms with Gasteiger partial charge in [0, 0.05) is 17.8 Å². The summed E-state index contributed by atoms with van der Waals surface area (Å²) in [7, 11) is -3.71. The van der Waals surface area contributed by atoms with E-state index in [2.05, 4.69) is 14.7 Å². The van der Waals surface area contributed by atoms with Crippen molar-refractivity contribution < 1.29 is 12.8 Å². The van der Waals surface area contributed by atoms with E-state index in [9.17, 15) is 8.42 Å². The summed E-state index contributed by atoms with van der Waals surface area (Å²) in [6, 6.07) is 1.49. The number of rotatable bonds is 4. The molecular formula is C13H17N3O3S. The summed E-state index contributed by atoms with van der Waals surface area (Å²) in [6.07, 6.45) is 2.93. The molecule has 0 radical (unpaired) electrons. The second-order valence-corrected chi connectivity index (χ2v) is 6.52. The minimum absolute atomic E-state index is 0.112. The summed E-state index contributed by atoms with van der Waals surface area (Å²) >= 11 is 0. The molecule has 1 N–H and O–H groups in total. The zero-order valence-electron chi connectivity index (χ0n) is 11.8. The maximum absolute atomic E-state index is 12.4. The molecule has 0 spiro atoms. The lowest BCUT2D eigenvalue weighted by atomic mass is 10.1. The highest BCUT2D eigenvalue weighted by Crippen LogP contribution is 2.25. The molecule has 0 aliphatic carbocycles. The van der Waals surface area contributed by atoms with Crippen LogP contribution >= 0.6 is 0 Å². The number of aryl methyl sites for hydroxylation is 2. The molecule has 108 valence electrons. The Kier molecular flexibility index (Phi) is 3.80. The average molecular weight is 295 g/mol. The van der Waals surface area contributed by atoms with Gasteiger partial charge in [-0.05, 0) is 19.8 Å². The van der Waals surface area contributed by atoms with Gasteiger partial charge in [0.2, 0.25) is 0 Å². The molecule has 2 aromatic rings. The number of sulfonamides is 1. The predicted molar refractivity (Wildman–Crippen MR) is 75.1 cm³/mol. The van der Waals surface area contributed by atoms with Crippen LogP contribution in [0.25, 0.3) is 0 Å². The number of nitrogens with zero attached hydrogens (tertiary/aromatic N) is 2. The van der Waals surface area contributed by atoms with Gasteiger partial charge >= 0.3 is 0 Å². The highest BCUT2D eigenvalue weighted by atomic mass is 32.2. The second-order valence-electron chi connectivity index (χ2n) is 4.86. The van der Waals surface area contributed by atoms with E-state index in [-0.39, 0.29) is 10.8 Å². The second kappa shape index (κ2) is 5.24. The fraction of sp³-hybridized carbons (Fsp3) is 0.385. The predicted octanol–water partition coefficient (Wildman–Crippen LogP) is 2.61. The molecule has 0 saturated heterocycles. The van der Waals surface area contributed by atoms with Gasteiger partial charge in [0.15, 0.2) is 0 Å². The first-order valence-corrected chi connectivity index (χ1v) is 7.69. The van der Waals surface area contributed by atoms with Crippen LogP contribution in [-0.4, -0.2) is 18.4 Å². The summed E-state index contributed by atoms with van der Waals surface area (Å²) in [5.41, 5.74) is 0.744. The number of nitrogens with one attached hydrogen (secondary N) is 1. The Bertz CT molecular complexity index is 720. The van der Waals surface area contributed by atoms with Gasteiger partial charge in [-0.25, -0.2) is 18.4 Å². The zero-order chi connectivity index (χ0) is 14.9. The van der Waals surface area contributed by atoms with Crippen molar-refractivity contribution >= 4 is 15.8 Å². The van der Waals surface area contributed by atoms with Gasteiger partial charge in [-0.1, -0.05) is 13.8 Å². The van der Waals surface area contributed by atoms with Gasteiger partial charge in [0.05, 0.1) is 0 Å². The Morgan fingerprint density at radius 2 is 2.00 bits per heavy atom. The molecule has 2 heterocycles. The third-order valence-electron chi connectivity index (χ3n) is 2.88. The molecule has 0 amide bonds. The highest BCUT2D eigenvalue weighted by molar-refractivity contribution is 7.92. The summed E-state index contributed by atoms with van der Waals surface area (Å²) in [5.74, 6) is 1.32. The molecule has 0 aromatic carbocycles. The van der Waals surface area contributed by atoms with Crippen LogP contribution in [0.2, 0.25) is 0 Å². The Morgan fingerprint density at radius 1 is 1.30 bits per heavy atom. The number of furan rings is 1. The van der Waals surface area contributed by atoms with Crippen molar-refractivity contribution in [3.05, 3.63) is 35.7 Å². The zero-order valence-corrected chi connectivity index (χ0v) is 12.7. The number of anilines is 1. The summed E-state index contributed by atoms with van der Waals surface area (Å²) in [6.45, 7) is 7.22. The van der Waals surface area contributed by atoms with Crippen LogP contribution in [0, 0.1) is 13.8 Å². The monoisotopic (exact) mass is 295 g/mol. The van der Waals surface area contributed by atoms with Crippen LogP contribution in [0.3, 0.4) is 0 Å². The Morgan fingerprint density at radius 3 is 2.55 bits per heavy atom. The molecule has 0 aliphatic rings. The molecule has 2 aromatic heterocycles. The minimum atomic E-state index is -3.71. The molecule has 0 saturated carbocycles. The normalized spacial score (nSPS) is 11.8. The van der Waals surface area contributed by atoms with Crippen LogP contribution < -0.4 is 4.72 Å². The van der Waals surface area contributed by atoms with Crippen molar-refractivity contribution in [3.8, 4) is 0 Å². The Balaban J connectivity index is 2.41. The number of hydrogen-bond donors (Lipinski definition) is 1. The van der Waals surface area contributed by atoms with Gasteiger partial charge in [0.1, 0.15) is 28.6 Å². The molecule has 0 atom stereocenters. The molecule has 0 fully saturated rings. The molecule has 7 heteroatoms. The maximum Gasteiger partial charge on any atom is 0.266 e. The highest BCUT2D eigenvalue weighted by Gasteiger charge is 2.22. The number of hydrogen-bond acceptors (Lipinski definition) is 5. The van der Waals surface area contributed by atoms with Crippen LogP contribution in [-0.2, 0) is 10.0 Å². The molecule has 0 aliphatic heterocycles. The van der Waals surface area contributed by atoms with E-state index < -0.39 is 10.0 Å². The van der Waals surface area contributed by atoms with Crippen molar-refractivity contribution in [2.24, 2.45) is 0 Å². The van der Waals surface area contributed by atoms with Crippen LogP contribution in [0.5, 0.6) is 0 Å². The van der Waals surface area contributed by atoms with Gasteiger partial charge < -0.3 is 4.42 Å². The lowest BCUT2D eigenvalue weighted by Crippen LogP contribution is -2.16. The molecule has 0 unspecified atom stereocenters. The summed E-state index contributed by atoms with van der Waals surface area (Å²) in [4.78, 5) is 8.07. The Hall–Kier alpha value is -1.89. The summed E-state index contributed by atoms with van der Waals surface area (Å²) < 4.78 is 32.5. The average Bonchev–Trinajstić information content (AvgIpc) is 2.69. The van der Waals surface area contributed by atoms with Crippen molar-refractivity contribution in [2.75, 3.05) is 4.72 Å². The van der Waals surface area contributed by atoms with E-state index in [0.717, 1.165) is 5.56 Å². The fourth-order valence-electron chi connectivity index (χ4n) is 1.90. The van der Waals surface area contributed by atoms with Gasteiger partial charge in [-0.2, -0.15) is 0 Å². The van der Waals surface area contributed by atoms with Crippen molar-refractivity contribution in [2.45, 2.75) is 38.5 Å². The maximum atomic E-state index is 12.4. The molecular weight excluding hydrogens is 278 g/mol. The lowest BCUT2D eigenvalue weighted by molar-refractivity contribution is 0.496.